The van der Waals surface area contributed by atoms with Crippen molar-refractivity contribution in [2.45, 2.75) is 37.6 Å². The van der Waals surface area contributed by atoms with Gasteiger partial charge in [0.2, 0.25) is 10.0 Å². The van der Waals surface area contributed by atoms with Crippen LogP contribution >= 0.6 is 0 Å². The Morgan fingerprint density at radius 1 is 1.37 bits per heavy atom. The molecule has 2 fully saturated rings. The van der Waals surface area contributed by atoms with Crippen molar-refractivity contribution in [1.29, 1.82) is 0 Å². The van der Waals surface area contributed by atoms with Gasteiger partial charge in [-0.15, -0.1) is 0 Å². The summed E-state index contributed by atoms with van der Waals surface area (Å²) in [6, 6.07) is 0.483. The molecular weight excluding hydrogens is 266 g/mol. The summed E-state index contributed by atoms with van der Waals surface area (Å²) < 4.78 is 32.0. The maximum Gasteiger partial charge on any atom is 0.248 e. The number of piperidine rings is 1. The van der Waals surface area contributed by atoms with Crippen LogP contribution in [-0.2, 0) is 10.0 Å². The van der Waals surface area contributed by atoms with Gasteiger partial charge in [0.25, 0.3) is 0 Å². The van der Waals surface area contributed by atoms with E-state index in [1.165, 1.54) is 0 Å². The molecule has 0 bridgehead atoms. The molecular formula is C12H19N3O3S. The summed E-state index contributed by atoms with van der Waals surface area (Å²) in [4.78, 5) is 0.247. The first-order valence-corrected chi connectivity index (χ1v) is 8.10. The summed E-state index contributed by atoms with van der Waals surface area (Å²) in [5, 5.41) is 7.19. The van der Waals surface area contributed by atoms with Crippen LogP contribution in [0.25, 0.3) is 0 Å². The molecule has 6 nitrogen and oxygen atoms in total. The Morgan fingerprint density at radius 3 is 2.84 bits per heavy atom. The average Bonchev–Trinajstić information content (AvgIpc) is 2.95. The molecule has 0 spiro atoms. The number of aromatic nitrogens is 1. The highest BCUT2D eigenvalue weighted by molar-refractivity contribution is 7.89. The summed E-state index contributed by atoms with van der Waals surface area (Å²) in [7, 11) is -3.47. The Kier molecular flexibility index (Phi) is 3.15. The zero-order valence-corrected chi connectivity index (χ0v) is 12.0. The molecule has 1 aromatic heterocycles. The Morgan fingerprint density at radius 2 is 2.16 bits per heavy atom. The third-order valence-corrected chi connectivity index (χ3v) is 6.29. The second-order valence-electron chi connectivity index (χ2n) is 5.41. The van der Waals surface area contributed by atoms with E-state index in [1.807, 2.05) is 0 Å². The lowest BCUT2D eigenvalue weighted by Crippen LogP contribution is -2.46. The van der Waals surface area contributed by atoms with E-state index in [4.69, 9.17) is 4.52 Å². The number of aryl methyl sites for hydroxylation is 2. The molecule has 7 heteroatoms. The molecule has 0 amide bonds. The third kappa shape index (κ3) is 2.09. The van der Waals surface area contributed by atoms with Gasteiger partial charge in [-0.1, -0.05) is 5.16 Å². The fourth-order valence-corrected chi connectivity index (χ4v) is 5.01. The lowest BCUT2D eigenvalue weighted by molar-refractivity contribution is 0.246. The Labute approximate surface area is 113 Å². The first-order valence-electron chi connectivity index (χ1n) is 6.66. The lowest BCUT2D eigenvalue weighted by Gasteiger charge is -2.33. The SMILES string of the molecule is Cc1noc(C)c1S(=O)(=O)N1CCC2NCCC2C1. The molecule has 2 aliphatic rings. The van der Waals surface area contributed by atoms with Gasteiger partial charge in [-0.05, 0) is 39.2 Å². The van der Waals surface area contributed by atoms with Gasteiger partial charge < -0.3 is 9.84 Å². The molecule has 0 aliphatic carbocycles. The van der Waals surface area contributed by atoms with E-state index in [1.54, 1.807) is 18.2 Å². The topological polar surface area (TPSA) is 75.4 Å². The highest BCUT2D eigenvalue weighted by Gasteiger charge is 2.39. The van der Waals surface area contributed by atoms with Crippen molar-refractivity contribution in [3.05, 3.63) is 11.5 Å². The van der Waals surface area contributed by atoms with Gasteiger partial charge in [-0.2, -0.15) is 4.31 Å². The van der Waals surface area contributed by atoms with Gasteiger partial charge in [0.05, 0.1) is 0 Å². The van der Waals surface area contributed by atoms with Crippen LogP contribution in [0.5, 0.6) is 0 Å². The molecule has 2 unspecified atom stereocenters. The summed E-state index contributed by atoms with van der Waals surface area (Å²) in [6.07, 6.45) is 1.94. The monoisotopic (exact) mass is 285 g/mol. The minimum absolute atomic E-state index is 0.247. The van der Waals surface area contributed by atoms with E-state index in [9.17, 15) is 8.42 Å². The summed E-state index contributed by atoms with van der Waals surface area (Å²) in [5.41, 5.74) is 0.448. The number of fused-ring (bicyclic) bond motifs is 1. The number of nitrogens with one attached hydrogen (secondary N) is 1. The van der Waals surface area contributed by atoms with Crippen LogP contribution in [0.15, 0.2) is 9.42 Å². The molecule has 3 rings (SSSR count). The van der Waals surface area contributed by atoms with Crippen molar-refractivity contribution in [1.82, 2.24) is 14.8 Å². The molecule has 3 heterocycles. The quantitative estimate of drug-likeness (QED) is 0.864. The van der Waals surface area contributed by atoms with Gasteiger partial charge >= 0.3 is 0 Å². The highest BCUT2D eigenvalue weighted by atomic mass is 32.2. The van der Waals surface area contributed by atoms with Gasteiger partial charge in [0, 0.05) is 19.1 Å². The predicted molar refractivity (Wildman–Crippen MR) is 69.3 cm³/mol. The fourth-order valence-electron chi connectivity index (χ4n) is 3.20. The molecule has 2 saturated heterocycles. The third-order valence-electron chi connectivity index (χ3n) is 4.18. The van der Waals surface area contributed by atoms with E-state index in [0.29, 0.717) is 36.5 Å². The average molecular weight is 285 g/mol. The zero-order valence-electron chi connectivity index (χ0n) is 11.2. The predicted octanol–water partition coefficient (Wildman–Crippen LogP) is 0.664. The second-order valence-corrected chi connectivity index (χ2v) is 7.29. The summed E-state index contributed by atoms with van der Waals surface area (Å²) in [5.74, 6) is 0.813. The first kappa shape index (κ1) is 13.1. The van der Waals surface area contributed by atoms with Crippen molar-refractivity contribution in [3.8, 4) is 0 Å². The van der Waals surface area contributed by atoms with E-state index in [-0.39, 0.29) is 4.90 Å². The maximum atomic E-state index is 12.7. The molecule has 2 aliphatic heterocycles. The largest absolute Gasteiger partial charge is 0.360 e. The Hall–Kier alpha value is -0.920. The minimum Gasteiger partial charge on any atom is -0.360 e. The maximum absolute atomic E-state index is 12.7. The molecule has 19 heavy (non-hydrogen) atoms. The van der Waals surface area contributed by atoms with Crippen molar-refractivity contribution < 1.29 is 12.9 Å². The van der Waals surface area contributed by atoms with Gasteiger partial charge in [-0.3, -0.25) is 0 Å². The number of rotatable bonds is 2. The van der Waals surface area contributed by atoms with Crippen LogP contribution in [0.4, 0.5) is 0 Å². The number of sulfonamides is 1. The second kappa shape index (κ2) is 4.57. The van der Waals surface area contributed by atoms with E-state index >= 15 is 0 Å². The number of nitrogens with zero attached hydrogens (tertiary/aromatic N) is 2. The van der Waals surface area contributed by atoms with Crippen molar-refractivity contribution in [2.75, 3.05) is 19.6 Å². The Balaban J connectivity index is 1.89. The van der Waals surface area contributed by atoms with Gasteiger partial charge in [-0.25, -0.2) is 8.42 Å². The number of hydrogen-bond donors (Lipinski definition) is 1. The normalized spacial score (nSPS) is 28.5. The zero-order chi connectivity index (χ0) is 13.6. The minimum atomic E-state index is -3.47. The molecule has 106 valence electrons. The van der Waals surface area contributed by atoms with Gasteiger partial charge in [0.1, 0.15) is 10.6 Å². The molecule has 2 atom stereocenters. The van der Waals surface area contributed by atoms with Crippen LogP contribution in [0, 0.1) is 19.8 Å². The molecule has 0 aromatic carbocycles. The number of hydrogen-bond acceptors (Lipinski definition) is 5. The van der Waals surface area contributed by atoms with Crippen LogP contribution in [0.3, 0.4) is 0 Å². The molecule has 1 N–H and O–H groups in total. The van der Waals surface area contributed by atoms with Gasteiger partial charge in [0.15, 0.2) is 5.76 Å². The highest BCUT2D eigenvalue weighted by Crippen LogP contribution is 2.30. The Bertz CT molecular complexity index is 562. The van der Waals surface area contributed by atoms with Crippen molar-refractivity contribution in [2.24, 2.45) is 5.92 Å². The van der Waals surface area contributed by atoms with Crippen LogP contribution < -0.4 is 5.32 Å². The smallest absolute Gasteiger partial charge is 0.248 e. The molecule has 1 aromatic rings. The van der Waals surface area contributed by atoms with Crippen molar-refractivity contribution in [3.63, 3.8) is 0 Å². The summed E-state index contributed by atoms with van der Waals surface area (Å²) in [6.45, 7) is 5.49. The molecule has 0 radical (unpaired) electrons. The standard InChI is InChI=1S/C12H19N3O3S/c1-8-12(9(2)18-14-8)19(16,17)15-6-4-11-10(7-15)3-5-13-11/h10-11,13H,3-7H2,1-2H3. The van der Waals surface area contributed by atoms with Crippen LogP contribution in [-0.4, -0.2) is 43.6 Å². The first-order chi connectivity index (χ1) is 9.00. The summed E-state index contributed by atoms with van der Waals surface area (Å²) >= 11 is 0. The molecule has 0 saturated carbocycles. The fraction of sp³-hybridized carbons (Fsp3) is 0.750. The van der Waals surface area contributed by atoms with E-state index in [2.05, 4.69) is 10.5 Å². The van der Waals surface area contributed by atoms with Crippen molar-refractivity contribution >= 4 is 10.0 Å². The van der Waals surface area contributed by atoms with E-state index in [0.717, 1.165) is 19.4 Å². The van der Waals surface area contributed by atoms with E-state index < -0.39 is 10.0 Å². The van der Waals surface area contributed by atoms with Crippen LogP contribution in [0.2, 0.25) is 0 Å². The lowest BCUT2D eigenvalue weighted by atomic mass is 9.95. The van der Waals surface area contributed by atoms with Crippen LogP contribution in [0.1, 0.15) is 24.3 Å².